The van der Waals surface area contributed by atoms with Crippen LogP contribution >= 0.6 is 0 Å². The van der Waals surface area contributed by atoms with Gasteiger partial charge in [0.25, 0.3) is 5.91 Å². The van der Waals surface area contributed by atoms with Gasteiger partial charge in [-0.15, -0.1) is 0 Å². The van der Waals surface area contributed by atoms with E-state index in [4.69, 9.17) is 4.74 Å². The van der Waals surface area contributed by atoms with E-state index in [0.717, 1.165) is 42.3 Å². The molecule has 0 bridgehead atoms. The van der Waals surface area contributed by atoms with E-state index >= 15 is 0 Å². The minimum atomic E-state index is -0.287. The quantitative estimate of drug-likeness (QED) is 0.660. The molecule has 5 nitrogen and oxygen atoms in total. The molecule has 1 amide bonds. The number of halogens is 1. The van der Waals surface area contributed by atoms with Crippen molar-refractivity contribution in [2.75, 3.05) is 26.7 Å². The number of hydrogen-bond acceptors (Lipinski definition) is 4. The van der Waals surface area contributed by atoms with Crippen LogP contribution in [-0.4, -0.2) is 32.7 Å². The zero-order valence-electron chi connectivity index (χ0n) is 17.4. The smallest absolute Gasteiger partial charge is 0.255 e. The summed E-state index contributed by atoms with van der Waals surface area (Å²) in [5, 5.41) is 17.5. The van der Waals surface area contributed by atoms with Crippen molar-refractivity contribution < 1.29 is 13.9 Å². The van der Waals surface area contributed by atoms with Crippen molar-refractivity contribution in [2.45, 2.75) is 18.3 Å². The van der Waals surface area contributed by atoms with Gasteiger partial charge in [0.15, 0.2) is 0 Å². The average Bonchev–Trinajstić information content (AvgIpc) is 2.82. The van der Waals surface area contributed by atoms with Gasteiger partial charge in [0.1, 0.15) is 17.6 Å². The molecule has 1 aliphatic heterocycles. The van der Waals surface area contributed by atoms with E-state index in [1.54, 1.807) is 18.2 Å². The number of rotatable bonds is 5. The van der Waals surface area contributed by atoms with Gasteiger partial charge in [0.05, 0.1) is 18.2 Å². The molecule has 31 heavy (non-hydrogen) atoms. The maximum absolute atomic E-state index is 13.5. The maximum Gasteiger partial charge on any atom is 0.255 e. The summed E-state index contributed by atoms with van der Waals surface area (Å²) in [7, 11) is 1.47. The first-order valence-corrected chi connectivity index (χ1v) is 10.3. The third-order valence-corrected chi connectivity index (χ3v) is 6.16. The SMILES string of the molecule is COc1c(C#N)cc2ccccc2c1C(=O)NCC1(c2ccc(F)cc2)CCNCC1. The number of amides is 1. The standard InChI is InChI=1S/C25H24FN3O2/c1-31-23-18(15-27)14-17-4-2-3-5-21(17)22(23)24(30)29-16-25(10-12-28-13-11-25)19-6-8-20(26)9-7-19/h2-9,14,28H,10-13,16H2,1H3,(H,29,30). The van der Waals surface area contributed by atoms with Crippen LogP contribution in [-0.2, 0) is 5.41 Å². The second-order valence-corrected chi connectivity index (χ2v) is 7.89. The fourth-order valence-electron chi connectivity index (χ4n) is 4.46. The first-order chi connectivity index (χ1) is 15.1. The van der Waals surface area contributed by atoms with Crippen LogP contribution < -0.4 is 15.4 Å². The average molecular weight is 417 g/mol. The van der Waals surface area contributed by atoms with Gasteiger partial charge in [-0.05, 0) is 60.5 Å². The van der Waals surface area contributed by atoms with Crippen LogP contribution in [0.1, 0.15) is 34.3 Å². The predicted molar refractivity (Wildman–Crippen MR) is 118 cm³/mol. The molecule has 1 heterocycles. The highest BCUT2D eigenvalue weighted by Gasteiger charge is 2.35. The van der Waals surface area contributed by atoms with Crippen LogP contribution in [0.5, 0.6) is 5.75 Å². The molecule has 1 saturated heterocycles. The van der Waals surface area contributed by atoms with Crippen LogP contribution in [0, 0.1) is 17.1 Å². The molecule has 1 aliphatic rings. The molecule has 3 aromatic carbocycles. The van der Waals surface area contributed by atoms with Crippen molar-refractivity contribution in [3.05, 3.63) is 77.1 Å². The number of benzene rings is 3. The number of carbonyl (C=O) groups is 1. The third-order valence-electron chi connectivity index (χ3n) is 6.16. The molecule has 2 N–H and O–H groups in total. The van der Waals surface area contributed by atoms with Crippen molar-refractivity contribution >= 4 is 16.7 Å². The number of hydrogen-bond donors (Lipinski definition) is 2. The van der Waals surface area contributed by atoms with Gasteiger partial charge in [-0.2, -0.15) is 5.26 Å². The Kier molecular flexibility index (Phi) is 5.88. The molecule has 158 valence electrons. The Bertz CT molecular complexity index is 1150. The summed E-state index contributed by atoms with van der Waals surface area (Å²) >= 11 is 0. The molecule has 0 aromatic heterocycles. The Morgan fingerprint density at radius 1 is 1.19 bits per heavy atom. The third kappa shape index (κ3) is 3.97. The Morgan fingerprint density at radius 2 is 1.90 bits per heavy atom. The zero-order valence-corrected chi connectivity index (χ0v) is 17.4. The van der Waals surface area contributed by atoms with Gasteiger partial charge in [0, 0.05) is 12.0 Å². The van der Waals surface area contributed by atoms with Gasteiger partial charge < -0.3 is 15.4 Å². The summed E-state index contributed by atoms with van der Waals surface area (Å²) in [5.74, 6) is -0.286. The maximum atomic E-state index is 13.5. The Hall–Kier alpha value is -3.43. The second kappa shape index (κ2) is 8.75. The molecule has 0 aliphatic carbocycles. The number of carbonyl (C=O) groups excluding carboxylic acids is 1. The van der Waals surface area contributed by atoms with Crippen molar-refractivity contribution in [1.82, 2.24) is 10.6 Å². The van der Waals surface area contributed by atoms with E-state index < -0.39 is 0 Å². The largest absolute Gasteiger partial charge is 0.495 e. The number of nitriles is 1. The highest BCUT2D eigenvalue weighted by Crippen LogP contribution is 2.35. The Balaban J connectivity index is 1.70. The molecule has 0 atom stereocenters. The van der Waals surface area contributed by atoms with Crippen LogP contribution in [0.25, 0.3) is 10.8 Å². The van der Waals surface area contributed by atoms with E-state index in [9.17, 15) is 14.4 Å². The van der Waals surface area contributed by atoms with Crippen LogP contribution in [0.4, 0.5) is 4.39 Å². The summed E-state index contributed by atoms with van der Waals surface area (Å²) in [6, 6.07) is 17.9. The van der Waals surface area contributed by atoms with Crippen molar-refractivity contribution in [2.24, 2.45) is 0 Å². The Morgan fingerprint density at radius 3 is 2.58 bits per heavy atom. The first kappa shape index (κ1) is 20.8. The lowest BCUT2D eigenvalue weighted by atomic mass is 9.73. The lowest BCUT2D eigenvalue weighted by Crippen LogP contribution is -2.47. The summed E-state index contributed by atoms with van der Waals surface area (Å²) in [5.41, 5.74) is 1.41. The first-order valence-electron chi connectivity index (χ1n) is 10.3. The lowest BCUT2D eigenvalue weighted by Gasteiger charge is -2.38. The van der Waals surface area contributed by atoms with E-state index in [-0.39, 0.29) is 22.9 Å². The van der Waals surface area contributed by atoms with Gasteiger partial charge in [-0.3, -0.25) is 4.79 Å². The number of piperidine rings is 1. The van der Waals surface area contributed by atoms with Crippen molar-refractivity contribution in [1.29, 1.82) is 5.26 Å². The van der Waals surface area contributed by atoms with Gasteiger partial charge >= 0.3 is 0 Å². The van der Waals surface area contributed by atoms with Crippen molar-refractivity contribution in [3.63, 3.8) is 0 Å². The molecule has 0 unspecified atom stereocenters. The van der Waals surface area contributed by atoms with E-state index in [1.165, 1.54) is 19.2 Å². The summed E-state index contributed by atoms with van der Waals surface area (Å²) in [6.07, 6.45) is 1.66. The van der Waals surface area contributed by atoms with E-state index in [0.29, 0.717) is 17.7 Å². The molecular formula is C25H24FN3O2. The molecule has 0 saturated carbocycles. The molecule has 0 spiro atoms. The minimum Gasteiger partial charge on any atom is -0.495 e. The minimum absolute atomic E-state index is 0.276. The summed E-state index contributed by atoms with van der Waals surface area (Å²) < 4.78 is 19.0. The number of methoxy groups -OCH3 is 1. The monoisotopic (exact) mass is 417 g/mol. The Labute approximate surface area is 180 Å². The highest BCUT2D eigenvalue weighted by atomic mass is 19.1. The fourth-order valence-corrected chi connectivity index (χ4v) is 4.46. The lowest BCUT2D eigenvalue weighted by molar-refractivity contribution is 0.0936. The van der Waals surface area contributed by atoms with Crippen molar-refractivity contribution in [3.8, 4) is 11.8 Å². The van der Waals surface area contributed by atoms with Crippen LogP contribution in [0.2, 0.25) is 0 Å². The molecule has 1 fully saturated rings. The number of nitrogens with one attached hydrogen (secondary N) is 2. The highest BCUT2D eigenvalue weighted by molar-refractivity contribution is 6.10. The van der Waals surface area contributed by atoms with Gasteiger partial charge in [-0.25, -0.2) is 4.39 Å². The number of fused-ring (bicyclic) bond motifs is 1. The van der Waals surface area contributed by atoms with E-state index in [2.05, 4.69) is 16.7 Å². The predicted octanol–water partition coefficient (Wildman–Crippen LogP) is 3.91. The topological polar surface area (TPSA) is 74.1 Å². The normalized spacial score (nSPS) is 15.3. The summed E-state index contributed by atoms with van der Waals surface area (Å²) in [6.45, 7) is 2.06. The van der Waals surface area contributed by atoms with Gasteiger partial charge in [-0.1, -0.05) is 36.4 Å². The zero-order chi connectivity index (χ0) is 21.8. The molecular weight excluding hydrogens is 393 g/mol. The number of nitrogens with zero attached hydrogens (tertiary/aromatic N) is 1. The second-order valence-electron chi connectivity index (χ2n) is 7.89. The van der Waals surface area contributed by atoms with Crippen LogP contribution in [0.3, 0.4) is 0 Å². The van der Waals surface area contributed by atoms with E-state index in [1.807, 2.05) is 24.3 Å². The molecule has 0 radical (unpaired) electrons. The number of ether oxygens (including phenoxy) is 1. The molecule has 4 rings (SSSR count). The fraction of sp³-hybridized carbons (Fsp3) is 0.280. The molecule has 3 aromatic rings. The summed E-state index contributed by atoms with van der Waals surface area (Å²) in [4.78, 5) is 13.4. The van der Waals surface area contributed by atoms with Gasteiger partial charge in [0.2, 0.25) is 0 Å². The molecule has 6 heteroatoms. The van der Waals surface area contributed by atoms with Crippen LogP contribution in [0.15, 0.2) is 54.6 Å².